The van der Waals surface area contributed by atoms with E-state index in [0.29, 0.717) is 5.82 Å². The Labute approximate surface area is 85.0 Å². The third-order valence-corrected chi connectivity index (χ3v) is 1.91. The van der Waals surface area contributed by atoms with Crippen LogP contribution >= 0.6 is 0 Å². The van der Waals surface area contributed by atoms with Crippen LogP contribution in [0.15, 0.2) is 6.33 Å². The highest BCUT2D eigenvalue weighted by Crippen LogP contribution is 2.18. The summed E-state index contributed by atoms with van der Waals surface area (Å²) in [5, 5.41) is 3.26. The van der Waals surface area contributed by atoms with Crippen molar-refractivity contribution in [3.8, 4) is 0 Å². The Morgan fingerprint density at radius 2 is 2.00 bits per heavy atom. The molecule has 0 fully saturated rings. The molecule has 1 heterocycles. The second-order valence-corrected chi connectivity index (χ2v) is 4.65. The second-order valence-electron chi connectivity index (χ2n) is 4.65. The first-order valence-electron chi connectivity index (χ1n) is 4.71. The van der Waals surface area contributed by atoms with Gasteiger partial charge in [-0.1, -0.05) is 20.8 Å². The van der Waals surface area contributed by atoms with Crippen molar-refractivity contribution >= 4 is 11.6 Å². The zero-order chi connectivity index (χ0) is 10.8. The number of hydrogen-bond donors (Lipinski definition) is 2. The quantitative estimate of drug-likeness (QED) is 0.753. The minimum atomic E-state index is 0.228. The maximum Gasteiger partial charge on any atom is 0.134 e. The van der Waals surface area contributed by atoms with Gasteiger partial charge in [0.15, 0.2) is 0 Å². The summed E-state index contributed by atoms with van der Waals surface area (Å²) in [6.45, 7) is 9.28. The molecule has 0 aliphatic heterocycles. The van der Waals surface area contributed by atoms with Gasteiger partial charge in [-0.15, -0.1) is 0 Å². The van der Waals surface area contributed by atoms with Gasteiger partial charge in [-0.3, -0.25) is 0 Å². The van der Waals surface area contributed by atoms with E-state index in [9.17, 15) is 0 Å². The first-order chi connectivity index (χ1) is 6.40. The molecule has 0 unspecified atom stereocenters. The Morgan fingerprint density at radius 1 is 1.36 bits per heavy atom. The van der Waals surface area contributed by atoms with Crippen LogP contribution in [0.2, 0.25) is 0 Å². The number of nitrogens with one attached hydrogen (secondary N) is 1. The zero-order valence-corrected chi connectivity index (χ0v) is 9.26. The van der Waals surface area contributed by atoms with E-state index in [1.165, 1.54) is 6.33 Å². The molecule has 3 N–H and O–H groups in total. The maximum atomic E-state index is 5.67. The maximum absolute atomic E-state index is 5.67. The molecular formula is C10H18N4. The van der Waals surface area contributed by atoms with Crippen LogP contribution < -0.4 is 11.1 Å². The molecule has 0 amide bonds. The van der Waals surface area contributed by atoms with Crippen LogP contribution in [0, 0.1) is 12.3 Å². The van der Waals surface area contributed by atoms with Crippen LogP contribution in [-0.2, 0) is 0 Å². The molecule has 1 aromatic rings. The number of anilines is 2. The third kappa shape index (κ3) is 2.87. The molecule has 0 aliphatic carbocycles. The SMILES string of the molecule is Cc1c(N)ncnc1NCC(C)(C)C. The van der Waals surface area contributed by atoms with Crippen LogP contribution in [0.5, 0.6) is 0 Å². The highest BCUT2D eigenvalue weighted by molar-refractivity contribution is 5.53. The lowest BCUT2D eigenvalue weighted by Crippen LogP contribution is -2.20. The van der Waals surface area contributed by atoms with E-state index in [-0.39, 0.29) is 5.41 Å². The van der Waals surface area contributed by atoms with E-state index in [1.807, 2.05) is 6.92 Å². The lowest BCUT2D eigenvalue weighted by Gasteiger charge is -2.20. The summed E-state index contributed by atoms with van der Waals surface area (Å²) < 4.78 is 0. The largest absolute Gasteiger partial charge is 0.383 e. The van der Waals surface area contributed by atoms with E-state index in [1.54, 1.807) is 0 Å². The smallest absolute Gasteiger partial charge is 0.134 e. The average Bonchev–Trinajstić information content (AvgIpc) is 2.06. The molecule has 0 aliphatic rings. The average molecular weight is 194 g/mol. The van der Waals surface area contributed by atoms with Crippen LogP contribution in [-0.4, -0.2) is 16.5 Å². The summed E-state index contributed by atoms with van der Waals surface area (Å²) in [6, 6.07) is 0. The van der Waals surface area contributed by atoms with Gasteiger partial charge in [0, 0.05) is 12.1 Å². The molecule has 0 bridgehead atoms. The van der Waals surface area contributed by atoms with Crippen LogP contribution in [0.3, 0.4) is 0 Å². The van der Waals surface area contributed by atoms with Gasteiger partial charge in [-0.25, -0.2) is 9.97 Å². The topological polar surface area (TPSA) is 63.8 Å². The van der Waals surface area contributed by atoms with Crippen molar-refractivity contribution in [3.05, 3.63) is 11.9 Å². The fourth-order valence-electron chi connectivity index (χ4n) is 0.991. The fourth-order valence-corrected chi connectivity index (χ4v) is 0.991. The van der Waals surface area contributed by atoms with E-state index in [2.05, 4.69) is 36.1 Å². The third-order valence-electron chi connectivity index (χ3n) is 1.91. The van der Waals surface area contributed by atoms with Crippen LogP contribution in [0.4, 0.5) is 11.6 Å². The standard InChI is InChI=1S/C10H18N4/c1-7-8(11)13-6-14-9(7)12-5-10(2,3)4/h6H,5H2,1-4H3,(H3,11,12,13,14). The van der Waals surface area contributed by atoms with Crippen molar-refractivity contribution in [2.24, 2.45) is 5.41 Å². The Hall–Kier alpha value is -1.32. The number of nitrogen functional groups attached to an aromatic ring is 1. The number of rotatable bonds is 2. The van der Waals surface area contributed by atoms with Gasteiger partial charge in [0.05, 0.1) is 0 Å². The molecule has 0 radical (unpaired) electrons. The van der Waals surface area contributed by atoms with Crippen molar-refractivity contribution < 1.29 is 0 Å². The van der Waals surface area contributed by atoms with E-state index in [0.717, 1.165) is 17.9 Å². The van der Waals surface area contributed by atoms with Gasteiger partial charge in [0.1, 0.15) is 18.0 Å². The summed E-state index contributed by atoms with van der Waals surface area (Å²) >= 11 is 0. The van der Waals surface area contributed by atoms with Crippen LogP contribution in [0.25, 0.3) is 0 Å². The predicted octanol–water partition coefficient (Wildman–Crippen LogP) is 1.83. The predicted molar refractivity (Wildman–Crippen MR) is 59.1 cm³/mol. The number of nitrogens with zero attached hydrogens (tertiary/aromatic N) is 2. The zero-order valence-electron chi connectivity index (χ0n) is 9.26. The number of hydrogen-bond acceptors (Lipinski definition) is 4. The molecule has 78 valence electrons. The molecule has 0 spiro atoms. The summed E-state index contributed by atoms with van der Waals surface area (Å²) in [5.74, 6) is 1.36. The molecule has 0 aromatic carbocycles. The Kier molecular flexibility index (Phi) is 2.93. The number of nitrogens with two attached hydrogens (primary N) is 1. The van der Waals surface area contributed by atoms with E-state index in [4.69, 9.17) is 5.73 Å². The number of aromatic nitrogens is 2. The molecule has 14 heavy (non-hydrogen) atoms. The molecular weight excluding hydrogens is 176 g/mol. The molecule has 0 saturated carbocycles. The van der Waals surface area contributed by atoms with E-state index < -0.39 is 0 Å². The summed E-state index contributed by atoms with van der Waals surface area (Å²) in [7, 11) is 0. The lowest BCUT2D eigenvalue weighted by atomic mass is 9.97. The second kappa shape index (κ2) is 3.82. The van der Waals surface area contributed by atoms with Crippen molar-refractivity contribution in [1.29, 1.82) is 0 Å². The van der Waals surface area contributed by atoms with Crippen LogP contribution in [0.1, 0.15) is 26.3 Å². The van der Waals surface area contributed by atoms with Crippen molar-refractivity contribution in [2.45, 2.75) is 27.7 Å². The summed E-state index contributed by atoms with van der Waals surface area (Å²) in [6.07, 6.45) is 1.48. The molecule has 1 rings (SSSR count). The van der Waals surface area contributed by atoms with Gasteiger partial charge < -0.3 is 11.1 Å². The first-order valence-corrected chi connectivity index (χ1v) is 4.71. The fraction of sp³-hybridized carbons (Fsp3) is 0.600. The van der Waals surface area contributed by atoms with Crippen molar-refractivity contribution in [3.63, 3.8) is 0 Å². The molecule has 0 atom stereocenters. The highest BCUT2D eigenvalue weighted by Gasteiger charge is 2.11. The monoisotopic (exact) mass is 194 g/mol. The molecule has 4 heteroatoms. The van der Waals surface area contributed by atoms with Crippen molar-refractivity contribution in [1.82, 2.24) is 9.97 Å². The van der Waals surface area contributed by atoms with E-state index >= 15 is 0 Å². The Balaban J connectivity index is 2.73. The molecule has 4 nitrogen and oxygen atoms in total. The van der Waals surface area contributed by atoms with Gasteiger partial charge in [0.2, 0.25) is 0 Å². The minimum absolute atomic E-state index is 0.228. The summed E-state index contributed by atoms with van der Waals surface area (Å²) in [5.41, 5.74) is 6.81. The molecule has 0 saturated heterocycles. The Bertz CT molecular complexity index is 314. The van der Waals surface area contributed by atoms with Crippen molar-refractivity contribution in [2.75, 3.05) is 17.6 Å². The first kappa shape index (κ1) is 10.8. The minimum Gasteiger partial charge on any atom is -0.383 e. The van der Waals surface area contributed by atoms with Gasteiger partial charge in [-0.05, 0) is 12.3 Å². The highest BCUT2D eigenvalue weighted by atomic mass is 15.0. The lowest BCUT2D eigenvalue weighted by molar-refractivity contribution is 0.442. The van der Waals surface area contributed by atoms with Gasteiger partial charge >= 0.3 is 0 Å². The summed E-state index contributed by atoms with van der Waals surface area (Å²) in [4.78, 5) is 8.05. The van der Waals surface area contributed by atoms with Gasteiger partial charge in [-0.2, -0.15) is 0 Å². The normalized spacial score (nSPS) is 11.4. The Morgan fingerprint density at radius 3 is 2.57 bits per heavy atom. The van der Waals surface area contributed by atoms with Gasteiger partial charge in [0.25, 0.3) is 0 Å². The molecule has 1 aromatic heterocycles.